The lowest BCUT2D eigenvalue weighted by Crippen LogP contribution is -2.16. The average molecular weight is 344 g/mol. The average Bonchev–Trinajstić information content (AvgIpc) is 2.90. The van der Waals surface area contributed by atoms with Crippen molar-refractivity contribution in [2.75, 3.05) is 14.1 Å². The van der Waals surface area contributed by atoms with Crippen LogP contribution in [0.1, 0.15) is 16.7 Å². The van der Waals surface area contributed by atoms with Gasteiger partial charge in [-0.1, -0.05) is 49.8 Å². The zero-order valence-electron chi connectivity index (χ0n) is 14.6. The van der Waals surface area contributed by atoms with Gasteiger partial charge in [0, 0.05) is 17.3 Å². The molecular formula is C19H25NOSSi. The molecule has 0 aliphatic rings. The highest BCUT2D eigenvalue weighted by atomic mass is 32.1. The first-order valence-corrected chi connectivity index (χ1v) is 12.2. The molecule has 0 saturated heterocycles. The summed E-state index contributed by atoms with van der Waals surface area (Å²) in [5, 5.41) is 4.11. The molecule has 0 spiro atoms. The fraction of sp³-hybridized carbons (Fsp3) is 0.368. The highest BCUT2D eigenvalue weighted by Crippen LogP contribution is 2.24. The van der Waals surface area contributed by atoms with E-state index in [1.807, 2.05) is 5.38 Å². The molecule has 0 unspecified atom stereocenters. The van der Waals surface area contributed by atoms with Crippen LogP contribution in [-0.2, 0) is 13.2 Å². The Morgan fingerprint density at radius 3 is 2.30 bits per heavy atom. The molecule has 1 aromatic heterocycles. The van der Waals surface area contributed by atoms with Gasteiger partial charge in [-0.15, -0.1) is 16.9 Å². The van der Waals surface area contributed by atoms with Crippen molar-refractivity contribution in [2.24, 2.45) is 0 Å². The third-order valence-electron chi connectivity index (χ3n) is 3.11. The van der Waals surface area contributed by atoms with Crippen molar-refractivity contribution in [1.82, 2.24) is 4.90 Å². The number of hydrogen-bond donors (Lipinski definition) is 0. The molecule has 0 atom stereocenters. The number of rotatable bonds is 5. The lowest BCUT2D eigenvalue weighted by atomic mass is 10.1. The summed E-state index contributed by atoms with van der Waals surface area (Å²) in [7, 11) is 2.80. The van der Waals surface area contributed by atoms with Crippen molar-refractivity contribution < 1.29 is 4.74 Å². The standard InChI is InChI=1S/C19H25NOSSi/c1-20(2)12-16-6-8-17(9-7-16)13-21-19-15-22-14-18(19)10-11-23(3,4)5/h6-9,14-15H,12-13H2,1-5H3. The van der Waals surface area contributed by atoms with Crippen molar-refractivity contribution in [3.63, 3.8) is 0 Å². The van der Waals surface area contributed by atoms with Gasteiger partial charge in [-0.25, -0.2) is 0 Å². The minimum atomic E-state index is -1.36. The van der Waals surface area contributed by atoms with Gasteiger partial charge in [0.15, 0.2) is 0 Å². The summed E-state index contributed by atoms with van der Waals surface area (Å²) in [5.41, 5.74) is 6.91. The van der Waals surface area contributed by atoms with Crippen LogP contribution in [0.5, 0.6) is 5.75 Å². The predicted octanol–water partition coefficient (Wildman–Crippen LogP) is 4.62. The summed E-state index contributed by atoms with van der Waals surface area (Å²) in [6.07, 6.45) is 0. The van der Waals surface area contributed by atoms with E-state index in [0.717, 1.165) is 17.9 Å². The zero-order chi connectivity index (χ0) is 16.9. The molecule has 0 radical (unpaired) electrons. The van der Waals surface area contributed by atoms with Crippen LogP contribution in [0.2, 0.25) is 19.6 Å². The molecule has 0 N–H and O–H groups in total. The maximum Gasteiger partial charge on any atom is 0.146 e. The van der Waals surface area contributed by atoms with Crippen LogP contribution in [0.25, 0.3) is 0 Å². The Morgan fingerprint density at radius 2 is 1.70 bits per heavy atom. The number of ether oxygens (including phenoxy) is 1. The fourth-order valence-corrected chi connectivity index (χ4v) is 3.22. The van der Waals surface area contributed by atoms with Gasteiger partial charge in [-0.3, -0.25) is 0 Å². The zero-order valence-corrected chi connectivity index (χ0v) is 16.5. The first-order valence-electron chi connectivity index (χ1n) is 7.78. The van der Waals surface area contributed by atoms with Crippen molar-refractivity contribution in [3.05, 3.63) is 51.7 Å². The van der Waals surface area contributed by atoms with E-state index in [1.54, 1.807) is 11.3 Å². The lowest BCUT2D eigenvalue weighted by molar-refractivity contribution is 0.306. The van der Waals surface area contributed by atoms with E-state index in [-0.39, 0.29) is 0 Å². The topological polar surface area (TPSA) is 12.5 Å². The minimum absolute atomic E-state index is 0.584. The molecule has 2 nitrogen and oxygen atoms in total. The maximum absolute atomic E-state index is 5.96. The third kappa shape index (κ3) is 6.23. The summed E-state index contributed by atoms with van der Waals surface area (Å²) in [5.74, 6) is 4.19. The SMILES string of the molecule is CN(C)Cc1ccc(COc2cscc2C#C[Si](C)(C)C)cc1. The molecule has 0 saturated carbocycles. The third-order valence-corrected chi connectivity index (χ3v) is 4.71. The first kappa shape index (κ1) is 17.8. The van der Waals surface area contributed by atoms with Crippen LogP contribution in [0, 0.1) is 11.5 Å². The van der Waals surface area contributed by atoms with E-state index in [2.05, 4.69) is 79.7 Å². The molecule has 2 aromatic rings. The van der Waals surface area contributed by atoms with Gasteiger partial charge in [0.25, 0.3) is 0 Å². The van der Waals surface area contributed by atoms with Crippen LogP contribution >= 0.6 is 11.3 Å². The van der Waals surface area contributed by atoms with Crippen molar-refractivity contribution in [2.45, 2.75) is 32.8 Å². The fourth-order valence-electron chi connectivity index (χ4n) is 2.01. The quantitative estimate of drug-likeness (QED) is 0.580. The second kappa shape index (κ2) is 7.83. The maximum atomic E-state index is 5.96. The highest BCUT2D eigenvalue weighted by molar-refractivity contribution is 7.08. The monoisotopic (exact) mass is 343 g/mol. The van der Waals surface area contributed by atoms with Gasteiger partial charge in [0.2, 0.25) is 0 Å². The molecular weight excluding hydrogens is 318 g/mol. The summed E-state index contributed by atoms with van der Waals surface area (Å²) in [6.45, 7) is 8.30. The van der Waals surface area contributed by atoms with E-state index in [0.29, 0.717) is 6.61 Å². The Kier molecular flexibility index (Phi) is 6.06. The molecule has 122 valence electrons. The lowest BCUT2D eigenvalue weighted by Gasteiger charge is -2.10. The normalized spacial score (nSPS) is 11.2. The molecule has 1 heterocycles. The molecule has 0 aliphatic carbocycles. The summed E-state index contributed by atoms with van der Waals surface area (Å²) in [4.78, 5) is 2.17. The van der Waals surface area contributed by atoms with Crippen LogP contribution < -0.4 is 4.74 Å². The predicted molar refractivity (Wildman–Crippen MR) is 103 cm³/mol. The summed E-state index contributed by atoms with van der Waals surface area (Å²) >= 11 is 1.64. The molecule has 1 aromatic carbocycles. The van der Waals surface area contributed by atoms with Gasteiger partial charge in [-0.05, 0) is 25.2 Å². The summed E-state index contributed by atoms with van der Waals surface area (Å²) < 4.78 is 5.96. The highest BCUT2D eigenvalue weighted by Gasteiger charge is 2.09. The molecule has 0 aliphatic heterocycles. The van der Waals surface area contributed by atoms with Gasteiger partial charge >= 0.3 is 0 Å². The Hall–Kier alpha value is -1.54. The van der Waals surface area contributed by atoms with E-state index < -0.39 is 8.07 Å². The number of benzene rings is 1. The largest absolute Gasteiger partial charge is 0.487 e. The van der Waals surface area contributed by atoms with Crippen LogP contribution in [0.15, 0.2) is 35.0 Å². The van der Waals surface area contributed by atoms with Crippen molar-refractivity contribution in [1.29, 1.82) is 0 Å². The van der Waals surface area contributed by atoms with E-state index >= 15 is 0 Å². The van der Waals surface area contributed by atoms with Gasteiger partial charge in [0.1, 0.15) is 20.4 Å². The molecule has 0 bridgehead atoms. The second-order valence-electron chi connectivity index (χ2n) is 6.99. The molecule has 2 rings (SSSR count). The van der Waals surface area contributed by atoms with Crippen molar-refractivity contribution >= 4 is 19.4 Å². The van der Waals surface area contributed by atoms with Gasteiger partial charge in [0.05, 0.1) is 5.56 Å². The van der Waals surface area contributed by atoms with E-state index in [1.165, 1.54) is 11.1 Å². The van der Waals surface area contributed by atoms with Gasteiger partial charge < -0.3 is 9.64 Å². The Labute approximate surface area is 145 Å². The second-order valence-corrected chi connectivity index (χ2v) is 12.5. The Bertz CT molecular complexity index is 687. The van der Waals surface area contributed by atoms with Crippen LogP contribution in [0.3, 0.4) is 0 Å². The number of nitrogens with zero attached hydrogens (tertiary/aromatic N) is 1. The molecule has 0 amide bonds. The molecule has 23 heavy (non-hydrogen) atoms. The van der Waals surface area contributed by atoms with Crippen LogP contribution in [-0.4, -0.2) is 27.1 Å². The first-order chi connectivity index (χ1) is 10.8. The Balaban J connectivity index is 1.99. The van der Waals surface area contributed by atoms with E-state index in [4.69, 9.17) is 4.74 Å². The van der Waals surface area contributed by atoms with E-state index in [9.17, 15) is 0 Å². The number of hydrogen-bond acceptors (Lipinski definition) is 3. The van der Waals surface area contributed by atoms with Crippen molar-refractivity contribution in [3.8, 4) is 17.2 Å². The van der Waals surface area contributed by atoms with Gasteiger partial charge in [-0.2, -0.15) is 0 Å². The molecule has 0 fully saturated rings. The number of thiophene rings is 1. The summed E-state index contributed by atoms with van der Waals surface area (Å²) in [6, 6.07) is 8.60. The molecule has 4 heteroatoms. The Morgan fingerprint density at radius 1 is 1.04 bits per heavy atom. The smallest absolute Gasteiger partial charge is 0.146 e. The minimum Gasteiger partial charge on any atom is -0.487 e. The van der Waals surface area contributed by atoms with Crippen LogP contribution in [0.4, 0.5) is 0 Å².